The van der Waals surface area contributed by atoms with Crippen LogP contribution in [0.4, 0.5) is 0 Å². The third-order valence-electron chi connectivity index (χ3n) is 3.11. The maximum absolute atomic E-state index is 5.82. The lowest BCUT2D eigenvalue weighted by molar-refractivity contribution is 0.0661. The van der Waals surface area contributed by atoms with Gasteiger partial charge in [0.1, 0.15) is 17.8 Å². The van der Waals surface area contributed by atoms with Gasteiger partial charge in [-0.3, -0.25) is 0 Å². The van der Waals surface area contributed by atoms with Gasteiger partial charge >= 0.3 is 0 Å². The number of hydrogen-bond acceptors (Lipinski definition) is 5. The number of nitrogens with zero attached hydrogens (tertiary/aromatic N) is 4. The van der Waals surface area contributed by atoms with Gasteiger partial charge in [-0.05, 0) is 20.8 Å². The van der Waals surface area contributed by atoms with Crippen LogP contribution < -0.4 is 11.1 Å². The van der Waals surface area contributed by atoms with E-state index in [9.17, 15) is 0 Å². The molecule has 1 aromatic heterocycles. The lowest BCUT2D eigenvalue weighted by Crippen LogP contribution is -2.44. The molecule has 0 bridgehead atoms. The van der Waals surface area contributed by atoms with Gasteiger partial charge in [-0.2, -0.15) is 0 Å². The zero-order chi connectivity index (χ0) is 15.5. The fraction of sp³-hybridized carbons (Fsp3) is 0.769. The van der Waals surface area contributed by atoms with E-state index in [1.165, 1.54) is 0 Å². The summed E-state index contributed by atoms with van der Waals surface area (Å²) in [5, 5.41) is 11.3. The minimum atomic E-state index is -0.113. The molecule has 8 heteroatoms. The van der Waals surface area contributed by atoms with Gasteiger partial charge in [0.25, 0.3) is 0 Å². The van der Waals surface area contributed by atoms with Crippen molar-refractivity contribution in [2.45, 2.75) is 45.0 Å². The van der Waals surface area contributed by atoms with Crippen LogP contribution in [-0.2, 0) is 16.0 Å². The van der Waals surface area contributed by atoms with Crippen LogP contribution in [0.15, 0.2) is 11.2 Å². The Hall–Kier alpha value is -1.67. The summed E-state index contributed by atoms with van der Waals surface area (Å²) in [6.07, 6.45) is 1.87. The predicted molar refractivity (Wildman–Crippen MR) is 78.9 cm³/mol. The van der Waals surface area contributed by atoms with Crippen molar-refractivity contribution in [1.29, 1.82) is 0 Å². The molecule has 1 fully saturated rings. The standard InChI is InChI=1S/C13H24N6O2/c1-13(2,3)16-12(14)15-5-9-6-19(18-17-9)10-7-21-8-11(10)20-4/h6,10-11H,5,7-8H2,1-4H3,(H3,14,15,16)/t10-,11-/m1/s1. The highest BCUT2D eigenvalue weighted by Crippen LogP contribution is 2.21. The molecule has 2 heterocycles. The van der Waals surface area contributed by atoms with Crippen LogP contribution in [0.25, 0.3) is 0 Å². The lowest BCUT2D eigenvalue weighted by atomic mass is 10.1. The van der Waals surface area contributed by atoms with Gasteiger partial charge in [-0.25, -0.2) is 9.67 Å². The van der Waals surface area contributed by atoms with Crippen LogP contribution in [-0.4, -0.2) is 52.9 Å². The Bertz CT molecular complexity index is 493. The Balaban J connectivity index is 1.96. The van der Waals surface area contributed by atoms with E-state index in [1.54, 1.807) is 11.8 Å². The number of guanidine groups is 1. The van der Waals surface area contributed by atoms with Crippen molar-refractivity contribution in [1.82, 2.24) is 20.3 Å². The smallest absolute Gasteiger partial charge is 0.189 e. The second-order valence-electron chi connectivity index (χ2n) is 6.15. The number of ether oxygens (including phenoxy) is 2. The summed E-state index contributed by atoms with van der Waals surface area (Å²) in [6, 6.07) is 0.0604. The number of aromatic nitrogens is 3. The third kappa shape index (κ3) is 4.40. The van der Waals surface area contributed by atoms with Crippen LogP contribution in [0.1, 0.15) is 32.5 Å². The van der Waals surface area contributed by atoms with Gasteiger partial charge in [0, 0.05) is 12.6 Å². The molecule has 0 spiro atoms. The largest absolute Gasteiger partial charge is 0.377 e. The molecule has 21 heavy (non-hydrogen) atoms. The predicted octanol–water partition coefficient (Wildman–Crippen LogP) is 0.0672. The first-order valence-electron chi connectivity index (χ1n) is 6.98. The second-order valence-corrected chi connectivity index (χ2v) is 6.15. The highest BCUT2D eigenvalue weighted by Gasteiger charge is 2.30. The van der Waals surface area contributed by atoms with Crippen molar-refractivity contribution < 1.29 is 9.47 Å². The first-order valence-corrected chi connectivity index (χ1v) is 6.98. The molecule has 0 aliphatic carbocycles. The van der Waals surface area contributed by atoms with E-state index in [4.69, 9.17) is 15.2 Å². The molecule has 0 amide bonds. The average Bonchev–Trinajstić information content (AvgIpc) is 3.02. The van der Waals surface area contributed by atoms with Crippen molar-refractivity contribution in [3.63, 3.8) is 0 Å². The van der Waals surface area contributed by atoms with Crippen LogP contribution in [0.5, 0.6) is 0 Å². The SMILES string of the molecule is CO[C@@H]1COC[C@H]1n1cc(CN=C(N)NC(C)(C)C)nn1. The van der Waals surface area contributed by atoms with Crippen LogP contribution in [0.2, 0.25) is 0 Å². The van der Waals surface area contributed by atoms with Crippen molar-refractivity contribution in [2.75, 3.05) is 20.3 Å². The molecule has 2 atom stereocenters. The highest BCUT2D eigenvalue weighted by atomic mass is 16.5. The average molecular weight is 296 g/mol. The van der Waals surface area contributed by atoms with E-state index >= 15 is 0 Å². The van der Waals surface area contributed by atoms with Gasteiger partial charge in [0.15, 0.2) is 5.96 Å². The molecule has 118 valence electrons. The van der Waals surface area contributed by atoms with E-state index in [0.717, 1.165) is 5.69 Å². The molecule has 1 aliphatic heterocycles. The molecular weight excluding hydrogens is 272 g/mol. The zero-order valence-corrected chi connectivity index (χ0v) is 13.0. The van der Waals surface area contributed by atoms with Gasteiger partial charge in [-0.1, -0.05) is 5.21 Å². The Kier molecular flexibility index (Phi) is 4.79. The number of aliphatic imine (C=N–C) groups is 1. The molecule has 0 saturated carbocycles. The fourth-order valence-corrected chi connectivity index (χ4v) is 2.13. The Morgan fingerprint density at radius 1 is 1.57 bits per heavy atom. The van der Waals surface area contributed by atoms with Crippen molar-refractivity contribution >= 4 is 5.96 Å². The molecule has 8 nitrogen and oxygen atoms in total. The summed E-state index contributed by atoms with van der Waals surface area (Å²) < 4.78 is 12.6. The molecule has 1 aromatic rings. The van der Waals surface area contributed by atoms with Gasteiger partial charge in [-0.15, -0.1) is 5.10 Å². The number of hydrogen-bond donors (Lipinski definition) is 2. The van der Waals surface area contributed by atoms with E-state index in [0.29, 0.717) is 25.7 Å². The topological polar surface area (TPSA) is 99.6 Å². The van der Waals surface area contributed by atoms with Crippen LogP contribution in [0.3, 0.4) is 0 Å². The van der Waals surface area contributed by atoms with Crippen molar-refractivity contribution in [3.05, 3.63) is 11.9 Å². The summed E-state index contributed by atoms with van der Waals surface area (Å²) in [5.41, 5.74) is 6.47. The molecule has 0 aromatic carbocycles. The van der Waals surface area contributed by atoms with Crippen LogP contribution in [0, 0.1) is 0 Å². The van der Waals surface area contributed by atoms with Gasteiger partial charge in [0.2, 0.25) is 0 Å². The maximum Gasteiger partial charge on any atom is 0.189 e. The monoisotopic (exact) mass is 296 g/mol. The molecule has 3 N–H and O–H groups in total. The zero-order valence-electron chi connectivity index (χ0n) is 13.0. The van der Waals surface area contributed by atoms with E-state index < -0.39 is 0 Å². The lowest BCUT2D eigenvalue weighted by Gasteiger charge is -2.20. The maximum atomic E-state index is 5.82. The summed E-state index contributed by atoms with van der Waals surface area (Å²) in [5.74, 6) is 0.399. The Morgan fingerprint density at radius 2 is 2.33 bits per heavy atom. The Labute approximate surface area is 124 Å². The van der Waals surface area contributed by atoms with E-state index in [2.05, 4.69) is 20.6 Å². The van der Waals surface area contributed by atoms with E-state index in [-0.39, 0.29) is 17.7 Å². The molecule has 1 saturated heterocycles. The van der Waals surface area contributed by atoms with Crippen molar-refractivity contribution in [2.24, 2.45) is 10.7 Å². The fourth-order valence-electron chi connectivity index (χ4n) is 2.13. The number of nitrogens with one attached hydrogen (secondary N) is 1. The quantitative estimate of drug-likeness (QED) is 0.602. The summed E-state index contributed by atoms with van der Waals surface area (Å²) in [7, 11) is 1.67. The normalized spacial score (nSPS) is 23.5. The second kappa shape index (κ2) is 6.40. The molecule has 0 unspecified atom stereocenters. The number of methoxy groups -OCH3 is 1. The van der Waals surface area contributed by atoms with E-state index in [1.807, 2.05) is 27.0 Å². The summed E-state index contributed by atoms with van der Waals surface area (Å²) in [4.78, 5) is 4.26. The third-order valence-corrected chi connectivity index (χ3v) is 3.11. The van der Waals surface area contributed by atoms with Gasteiger partial charge < -0.3 is 20.5 Å². The molecule has 1 aliphatic rings. The summed E-state index contributed by atoms with van der Waals surface area (Å²) >= 11 is 0. The number of nitrogens with two attached hydrogens (primary N) is 1. The number of rotatable bonds is 4. The molecular formula is C13H24N6O2. The van der Waals surface area contributed by atoms with Crippen molar-refractivity contribution in [3.8, 4) is 0 Å². The highest BCUT2D eigenvalue weighted by molar-refractivity contribution is 5.78. The summed E-state index contributed by atoms with van der Waals surface area (Å²) in [6.45, 7) is 7.62. The first-order chi connectivity index (χ1) is 9.89. The minimum Gasteiger partial charge on any atom is -0.377 e. The Morgan fingerprint density at radius 3 is 3.00 bits per heavy atom. The minimum absolute atomic E-state index is 0.00989. The molecule has 2 rings (SSSR count). The molecule has 0 radical (unpaired) electrons. The van der Waals surface area contributed by atoms with Crippen LogP contribution >= 0.6 is 0 Å². The first kappa shape index (κ1) is 15.7. The van der Waals surface area contributed by atoms with Gasteiger partial charge in [0.05, 0.1) is 26.0 Å².